The number of anilines is 1. The third kappa shape index (κ3) is 3.66. The monoisotopic (exact) mass is 272 g/mol. The van der Waals surface area contributed by atoms with Gasteiger partial charge in [0.2, 0.25) is 5.95 Å². The normalized spacial score (nSPS) is 10.3. The third-order valence-electron chi connectivity index (χ3n) is 2.70. The number of rotatable bonds is 6. The van der Waals surface area contributed by atoms with Crippen molar-refractivity contribution in [2.75, 3.05) is 18.5 Å². The molecule has 0 aliphatic carbocycles. The summed E-state index contributed by atoms with van der Waals surface area (Å²) in [6.07, 6.45) is 1.01. The molecule has 5 nitrogen and oxygen atoms in total. The molecular weight excluding hydrogens is 252 g/mol. The first-order chi connectivity index (χ1) is 9.72. The van der Waals surface area contributed by atoms with E-state index in [-0.39, 0.29) is 0 Å². The average molecular weight is 272 g/mol. The lowest BCUT2D eigenvalue weighted by Gasteiger charge is -2.08. The van der Waals surface area contributed by atoms with Gasteiger partial charge in [-0.1, -0.05) is 30.7 Å². The van der Waals surface area contributed by atoms with E-state index in [1.807, 2.05) is 32.0 Å². The van der Waals surface area contributed by atoms with Crippen LogP contribution in [0.5, 0.6) is 6.01 Å². The van der Waals surface area contributed by atoms with Crippen molar-refractivity contribution in [3.8, 4) is 17.4 Å². The summed E-state index contributed by atoms with van der Waals surface area (Å²) in [5.41, 5.74) is 2.14. The van der Waals surface area contributed by atoms with Crippen LogP contribution in [-0.4, -0.2) is 28.1 Å². The zero-order valence-corrected chi connectivity index (χ0v) is 12.2. The molecule has 0 saturated carbocycles. The number of ether oxygens (including phenoxy) is 1. The van der Waals surface area contributed by atoms with Crippen LogP contribution in [0.15, 0.2) is 24.3 Å². The Kier molecular flexibility index (Phi) is 4.87. The smallest absolute Gasteiger partial charge is 0.321 e. The number of nitrogens with zero attached hydrogens (tertiary/aromatic N) is 3. The number of hydrogen-bond donors (Lipinski definition) is 1. The predicted molar refractivity (Wildman–Crippen MR) is 79.9 cm³/mol. The highest BCUT2D eigenvalue weighted by Crippen LogP contribution is 2.19. The zero-order valence-electron chi connectivity index (χ0n) is 12.2. The molecule has 0 amide bonds. The lowest BCUT2D eigenvalue weighted by Crippen LogP contribution is -2.08. The highest BCUT2D eigenvalue weighted by atomic mass is 16.5. The first kappa shape index (κ1) is 14.2. The molecule has 0 unspecified atom stereocenters. The first-order valence-corrected chi connectivity index (χ1v) is 6.92. The molecule has 20 heavy (non-hydrogen) atoms. The van der Waals surface area contributed by atoms with Crippen LogP contribution in [0.1, 0.15) is 25.8 Å². The predicted octanol–water partition coefficient (Wildman–Crippen LogP) is 3.07. The van der Waals surface area contributed by atoms with Crippen molar-refractivity contribution in [1.82, 2.24) is 15.0 Å². The van der Waals surface area contributed by atoms with E-state index in [0.717, 1.165) is 18.5 Å². The average Bonchev–Trinajstić information content (AvgIpc) is 2.45. The van der Waals surface area contributed by atoms with E-state index >= 15 is 0 Å². The van der Waals surface area contributed by atoms with Gasteiger partial charge >= 0.3 is 6.01 Å². The van der Waals surface area contributed by atoms with E-state index in [1.54, 1.807) is 0 Å². The van der Waals surface area contributed by atoms with Crippen molar-refractivity contribution in [3.05, 3.63) is 29.8 Å². The molecule has 5 heteroatoms. The summed E-state index contributed by atoms with van der Waals surface area (Å²) < 4.78 is 5.42. The largest absolute Gasteiger partial charge is 0.464 e. The van der Waals surface area contributed by atoms with Gasteiger partial charge in [-0.15, -0.1) is 0 Å². The van der Waals surface area contributed by atoms with Crippen LogP contribution in [0.25, 0.3) is 11.4 Å². The number of nitrogens with one attached hydrogen (secondary N) is 1. The molecule has 0 radical (unpaired) electrons. The summed E-state index contributed by atoms with van der Waals surface area (Å²) in [6.45, 7) is 7.41. The van der Waals surface area contributed by atoms with Gasteiger partial charge in [-0.25, -0.2) is 0 Å². The molecule has 0 aliphatic rings. The molecule has 2 rings (SSSR count). The van der Waals surface area contributed by atoms with Gasteiger partial charge in [0.25, 0.3) is 0 Å². The minimum absolute atomic E-state index is 0.359. The molecule has 1 aromatic heterocycles. The first-order valence-electron chi connectivity index (χ1n) is 6.92. The highest BCUT2D eigenvalue weighted by molar-refractivity contribution is 5.57. The standard InChI is InChI=1S/C15H20N4O/c1-4-9-16-14-17-13(18-15(19-14)20-5-2)12-8-6-7-11(3)10-12/h6-8,10H,4-5,9H2,1-3H3,(H,16,17,18,19). The van der Waals surface area contributed by atoms with Crippen molar-refractivity contribution in [3.63, 3.8) is 0 Å². The fourth-order valence-corrected chi connectivity index (χ4v) is 1.78. The van der Waals surface area contributed by atoms with Gasteiger partial charge in [-0.2, -0.15) is 15.0 Å². The second-order valence-corrected chi connectivity index (χ2v) is 4.49. The molecule has 1 heterocycles. The number of aromatic nitrogens is 3. The molecule has 0 spiro atoms. The number of benzene rings is 1. The summed E-state index contributed by atoms with van der Waals surface area (Å²) in [5, 5.41) is 3.18. The summed E-state index contributed by atoms with van der Waals surface area (Å²) in [7, 11) is 0. The van der Waals surface area contributed by atoms with Crippen molar-refractivity contribution in [2.45, 2.75) is 27.2 Å². The fraction of sp³-hybridized carbons (Fsp3) is 0.400. The maximum absolute atomic E-state index is 5.42. The summed E-state index contributed by atoms with van der Waals surface area (Å²) in [5.74, 6) is 1.19. The second kappa shape index (κ2) is 6.84. The molecule has 0 aliphatic heterocycles. The summed E-state index contributed by atoms with van der Waals surface area (Å²) in [6, 6.07) is 8.44. The van der Waals surface area contributed by atoms with E-state index in [0.29, 0.717) is 24.4 Å². The van der Waals surface area contributed by atoms with Gasteiger partial charge in [0.05, 0.1) is 6.61 Å². The molecule has 0 fully saturated rings. The van der Waals surface area contributed by atoms with Gasteiger partial charge in [0, 0.05) is 12.1 Å². The van der Waals surface area contributed by atoms with Crippen molar-refractivity contribution < 1.29 is 4.74 Å². The topological polar surface area (TPSA) is 59.9 Å². The maximum Gasteiger partial charge on any atom is 0.321 e. The van der Waals surface area contributed by atoms with Crippen LogP contribution >= 0.6 is 0 Å². The van der Waals surface area contributed by atoms with Crippen LogP contribution in [-0.2, 0) is 0 Å². The SMILES string of the molecule is CCCNc1nc(OCC)nc(-c2cccc(C)c2)n1. The zero-order chi connectivity index (χ0) is 14.4. The molecule has 1 aromatic carbocycles. The minimum Gasteiger partial charge on any atom is -0.464 e. The second-order valence-electron chi connectivity index (χ2n) is 4.49. The number of aryl methyl sites for hydroxylation is 1. The van der Waals surface area contributed by atoms with E-state index in [4.69, 9.17) is 4.74 Å². The summed E-state index contributed by atoms with van der Waals surface area (Å²) >= 11 is 0. The Balaban J connectivity index is 2.37. The van der Waals surface area contributed by atoms with Crippen LogP contribution in [0.4, 0.5) is 5.95 Å². The van der Waals surface area contributed by atoms with Crippen LogP contribution in [0.3, 0.4) is 0 Å². The van der Waals surface area contributed by atoms with Gasteiger partial charge in [0.1, 0.15) is 0 Å². The lowest BCUT2D eigenvalue weighted by atomic mass is 10.1. The van der Waals surface area contributed by atoms with Gasteiger partial charge in [-0.3, -0.25) is 0 Å². The molecule has 0 bridgehead atoms. The Bertz CT molecular complexity index is 572. The summed E-state index contributed by atoms with van der Waals surface area (Å²) in [4.78, 5) is 13.1. The van der Waals surface area contributed by atoms with Gasteiger partial charge in [0.15, 0.2) is 5.82 Å². The molecule has 2 aromatic rings. The Morgan fingerprint density at radius 3 is 2.70 bits per heavy atom. The lowest BCUT2D eigenvalue weighted by molar-refractivity contribution is 0.312. The highest BCUT2D eigenvalue weighted by Gasteiger charge is 2.09. The van der Waals surface area contributed by atoms with E-state index in [2.05, 4.69) is 33.3 Å². The quantitative estimate of drug-likeness (QED) is 0.875. The van der Waals surface area contributed by atoms with Crippen molar-refractivity contribution >= 4 is 5.95 Å². The Morgan fingerprint density at radius 2 is 2.00 bits per heavy atom. The van der Waals surface area contributed by atoms with Crippen LogP contribution < -0.4 is 10.1 Å². The number of hydrogen-bond acceptors (Lipinski definition) is 5. The van der Waals surface area contributed by atoms with Crippen LogP contribution in [0, 0.1) is 6.92 Å². The molecule has 0 atom stereocenters. The molecule has 1 N–H and O–H groups in total. The van der Waals surface area contributed by atoms with Crippen molar-refractivity contribution in [2.24, 2.45) is 0 Å². The van der Waals surface area contributed by atoms with Crippen molar-refractivity contribution in [1.29, 1.82) is 0 Å². The molecule has 0 saturated heterocycles. The Labute approximate surface area is 119 Å². The van der Waals surface area contributed by atoms with E-state index in [9.17, 15) is 0 Å². The fourth-order valence-electron chi connectivity index (χ4n) is 1.78. The third-order valence-corrected chi connectivity index (χ3v) is 2.70. The van der Waals surface area contributed by atoms with E-state index < -0.39 is 0 Å². The van der Waals surface area contributed by atoms with Gasteiger partial charge in [-0.05, 0) is 26.3 Å². The maximum atomic E-state index is 5.42. The Hall–Kier alpha value is -2.17. The minimum atomic E-state index is 0.359. The van der Waals surface area contributed by atoms with Crippen LogP contribution in [0.2, 0.25) is 0 Å². The van der Waals surface area contributed by atoms with E-state index in [1.165, 1.54) is 5.56 Å². The van der Waals surface area contributed by atoms with Gasteiger partial charge < -0.3 is 10.1 Å². The molecule has 106 valence electrons. The molecular formula is C15H20N4O. The Morgan fingerprint density at radius 1 is 1.15 bits per heavy atom.